The lowest BCUT2D eigenvalue weighted by molar-refractivity contribution is -0.132. The van der Waals surface area contributed by atoms with Crippen LogP contribution in [0.1, 0.15) is 18.1 Å². The molecule has 1 aliphatic heterocycles. The summed E-state index contributed by atoms with van der Waals surface area (Å²) < 4.78 is 15.5. The van der Waals surface area contributed by atoms with E-state index >= 15 is 0 Å². The predicted octanol–water partition coefficient (Wildman–Crippen LogP) is 2.97. The SMILES string of the molecule is COc1cc(/C=C2\N=C(c3ccccc3)OC2=O)ccc1OC(C)=O. The number of hydrogen-bond acceptors (Lipinski definition) is 6. The van der Waals surface area contributed by atoms with Crippen LogP contribution in [-0.2, 0) is 14.3 Å². The predicted molar refractivity (Wildman–Crippen MR) is 91.4 cm³/mol. The molecule has 0 fully saturated rings. The lowest BCUT2D eigenvalue weighted by Crippen LogP contribution is -2.05. The minimum absolute atomic E-state index is 0.182. The number of carbonyl (C=O) groups excluding carboxylic acids is 2. The van der Waals surface area contributed by atoms with Crippen LogP contribution in [-0.4, -0.2) is 24.9 Å². The number of aliphatic imine (C=N–C) groups is 1. The molecule has 0 N–H and O–H groups in total. The van der Waals surface area contributed by atoms with E-state index in [1.165, 1.54) is 14.0 Å². The van der Waals surface area contributed by atoms with Gasteiger partial charge in [-0.2, -0.15) is 0 Å². The number of hydrogen-bond donors (Lipinski definition) is 0. The third kappa shape index (κ3) is 3.74. The van der Waals surface area contributed by atoms with Gasteiger partial charge in [0.1, 0.15) is 0 Å². The zero-order chi connectivity index (χ0) is 17.8. The molecule has 25 heavy (non-hydrogen) atoms. The van der Waals surface area contributed by atoms with Gasteiger partial charge in [0.25, 0.3) is 0 Å². The van der Waals surface area contributed by atoms with Crippen molar-refractivity contribution >= 4 is 23.9 Å². The first-order valence-electron chi connectivity index (χ1n) is 7.51. The quantitative estimate of drug-likeness (QED) is 0.487. The molecule has 0 amide bonds. The van der Waals surface area contributed by atoms with Crippen LogP contribution in [0.3, 0.4) is 0 Å². The molecular weight excluding hydrogens is 322 g/mol. The van der Waals surface area contributed by atoms with Gasteiger partial charge in [-0.3, -0.25) is 4.79 Å². The molecule has 3 rings (SSSR count). The molecule has 0 radical (unpaired) electrons. The summed E-state index contributed by atoms with van der Waals surface area (Å²) in [4.78, 5) is 27.4. The number of methoxy groups -OCH3 is 1. The third-order valence-corrected chi connectivity index (χ3v) is 3.39. The molecule has 0 bridgehead atoms. The maximum atomic E-state index is 12.0. The van der Waals surface area contributed by atoms with E-state index in [2.05, 4.69) is 4.99 Å². The molecule has 0 unspecified atom stereocenters. The minimum atomic E-state index is -0.526. The van der Waals surface area contributed by atoms with Crippen LogP contribution in [0, 0.1) is 0 Å². The molecular formula is C19H15NO5. The standard InChI is InChI=1S/C19H15NO5/c1-12(21)24-16-9-8-13(11-17(16)23-2)10-15-19(22)25-18(20-15)14-6-4-3-5-7-14/h3-11H,1-2H3/b15-10-. The smallest absolute Gasteiger partial charge is 0.363 e. The van der Waals surface area contributed by atoms with Crippen molar-refractivity contribution in [2.24, 2.45) is 4.99 Å². The fraction of sp³-hybridized carbons (Fsp3) is 0.105. The zero-order valence-electron chi connectivity index (χ0n) is 13.7. The second kappa shape index (κ2) is 7.00. The highest BCUT2D eigenvalue weighted by Gasteiger charge is 2.24. The second-order valence-electron chi connectivity index (χ2n) is 5.21. The number of benzene rings is 2. The fourth-order valence-corrected chi connectivity index (χ4v) is 2.28. The highest BCUT2D eigenvalue weighted by Crippen LogP contribution is 2.29. The summed E-state index contributed by atoms with van der Waals surface area (Å²) in [5.74, 6) is -0.0223. The molecule has 0 aliphatic carbocycles. The normalized spacial score (nSPS) is 14.9. The Hall–Kier alpha value is -3.41. The van der Waals surface area contributed by atoms with Crippen LogP contribution >= 0.6 is 0 Å². The number of rotatable bonds is 4. The van der Waals surface area contributed by atoms with Gasteiger partial charge in [-0.25, -0.2) is 9.79 Å². The summed E-state index contributed by atoms with van der Waals surface area (Å²) in [6, 6.07) is 14.1. The van der Waals surface area contributed by atoms with Gasteiger partial charge in [-0.1, -0.05) is 24.3 Å². The molecule has 6 heteroatoms. The van der Waals surface area contributed by atoms with E-state index in [1.54, 1.807) is 24.3 Å². The van der Waals surface area contributed by atoms with Gasteiger partial charge in [0.15, 0.2) is 17.2 Å². The summed E-state index contributed by atoms with van der Waals surface area (Å²) in [5, 5.41) is 0. The fourth-order valence-electron chi connectivity index (χ4n) is 2.28. The Balaban J connectivity index is 1.91. The summed E-state index contributed by atoms with van der Waals surface area (Å²) in [6.07, 6.45) is 1.58. The largest absolute Gasteiger partial charge is 0.493 e. The monoisotopic (exact) mass is 337 g/mol. The van der Waals surface area contributed by atoms with Crippen molar-refractivity contribution in [1.82, 2.24) is 0 Å². The topological polar surface area (TPSA) is 74.2 Å². The molecule has 1 heterocycles. The Morgan fingerprint density at radius 1 is 1.12 bits per heavy atom. The van der Waals surface area contributed by atoms with Gasteiger partial charge in [0, 0.05) is 12.5 Å². The van der Waals surface area contributed by atoms with E-state index in [9.17, 15) is 9.59 Å². The summed E-state index contributed by atoms with van der Waals surface area (Å²) >= 11 is 0. The Labute approximate surface area is 144 Å². The maximum absolute atomic E-state index is 12.0. The molecule has 0 saturated heterocycles. The first-order chi connectivity index (χ1) is 12.1. The Morgan fingerprint density at radius 2 is 1.88 bits per heavy atom. The van der Waals surface area contributed by atoms with Crippen LogP contribution < -0.4 is 9.47 Å². The lowest BCUT2D eigenvalue weighted by Gasteiger charge is -2.08. The van der Waals surface area contributed by atoms with E-state index in [0.29, 0.717) is 17.1 Å². The molecule has 2 aromatic carbocycles. The van der Waals surface area contributed by atoms with Crippen LogP contribution in [0.5, 0.6) is 11.5 Å². The van der Waals surface area contributed by atoms with Gasteiger partial charge < -0.3 is 14.2 Å². The van der Waals surface area contributed by atoms with Crippen molar-refractivity contribution in [3.05, 3.63) is 65.4 Å². The van der Waals surface area contributed by atoms with Gasteiger partial charge in [0.2, 0.25) is 5.90 Å². The Bertz CT molecular complexity index is 884. The molecule has 0 atom stereocenters. The molecule has 0 spiro atoms. The van der Waals surface area contributed by atoms with Gasteiger partial charge in [-0.05, 0) is 35.9 Å². The van der Waals surface area contributed by atoms with E-state index in [-0.39, 0.29) is 11.6 Å². The minimum Gasteiger partial charge on any atom is -0.493 e. The average Bonchev–Trinajstić information content (AvgIpc) is 2.97. The maximum Gasteiger partial charge on any atom is 0.363 e. The number of nitrogens with zero attached hydrogens (tertiary/aromatic N) is 1. The van der Waals surface area contributed by atoms with Crippen molar-refractivity contribution in [2.45, 2.75) is 6.92 Å². The van der Waals surface area contributed by atoms with Gasteiger partial charge >= 0.3 is 11.9 Å². The Kier molecular flexibility index (Phi) is 4.61. The second-order valence-corrected chi connectivity index (χ2v) is 5.21. The van der Waals surface area contributed by atoms with E-state index in [1.807, 2.05) is 30.3 Å². The van der Waals surface area contributed by atoms with Crippen molar-refractivity contribution in [3.63, 3.8) is 0 Å². The lowest BCUT2D eigenvalue weighted by atomic mass is 10.1. The molecule has 126 valence electrons. The first kappa shape index (κ1) is 16.4. The first-order valence-corrected chi connectivity index (χ1v) is 7.51. The van der Waals surface area contributed by atoms with Gasteiger partial charge in [0.05, 0.1) is 7.11 Å². The van der Waals surface area contributed by atoms with E-state index in [4.69, 9.17) is 14.2 Å². The number of cyclic esters (lactones) is 1. The van der Waals surface area contributed by atoms with E-state index in [0.717, 1.165) is 5.56 Å². The molecule has 2 aromatic rings. The average molecular weight is 337 g/mol. The zero-order valence-corrected chi connectivity index (χ0v) is 13.7. The van der Waals surface area contributed by atoms with E-state index < -0.39 is 11.9 Å². The number of esters is 2. The molecule has 0 aromatic heterocycles. The summed E-state index contributed by atoms with van der Waals surface area (Å²) in [6.45, 7) is 1.31. The third-order valence-electron chi connectivity index (χ3n) is 3.39. The van der Waals surface area contributed by atoms with Crippen LogP contribution in [0.4, 0.5) is 0 Å². The molecule has 6 nitrogen and oxygen atoms in total. The summed E-state index contributed by atoms with van der Waals surface area (Å²) in [5.41, 5.74) is 1.57. The highest BCUT2D eigenvalue weighted by atomic mass is 16.6. The molecule has 0 saturated carbocycles. The highest BCUT2D eigenvalue weighted by molar-refractivity contribution is 6.12. The Morgan fingerprint density at radius 3 is 2.56 bits per heavy atom. The number of carbonyl (C=O) groups is 2. The van der Waals surface area contributed by atoms with Crippen LogP contribution in [0.2, 0.25) is 0 Å². The van der Waals surface area contributed by atoms with Crippen LogP contribution in [0.15, 0.2) is 59.2 Å². The van der Waals surface area contributed by atoms with Crippen molar-refractivity contribution in [1.29, 1.82) is 0 Å². The number of ether oxygens (including phenoxy) is 3. The van der Waals surface area contributed by atoms with Crippen molar-refractivity contribution < 1.29 is 23.8 Å². The summed E-state index contributed by atoms with van der Waals surface area (Å²) in [7, 11) is 1.47. The van der Waals surface area contributed by atoms with Gasteiger partial charge in [-0.15, -0.1) is 0 Å². The van der Waals surface area contributed by atoms with Crippen molar-refractivity contribution in [2.75, 3.05) is 7.11 Å². The van der Waals surface area contributed by atoms with Crippen LogP contribution in [0.25, 0.3) is 6.08 Å². The molecule has 1 aliphatic rings. The van der Waals surface area contributed by atoms with Crippen molar-refractivity contribution in [3.8, 4) is 11.5 Å².